The molecule has 2 aromatic heterocycles. The molecule has 0 saturated heterocycles. The van der Waals surface area contributed by atoms with Crippen molar-refractivity contribution in [2.24, 2.45) is 5.10 Å². The standard InChI is InChI=1S/C19H15FN4O2/c1-11-22-17-15-9-14(26-2)7-8-16(15)23-18(17)19(25)24(11)21-10-12-3-5-13(20)6-4-12/h3-10,23H,1-2H3/b21-10-. The van der Waals surface area contributed by atoms with E-state index in [0.29, 0.717) is 28.2 Å². The third-order valence-electron chi connectivity index (χ3n) is 4.16. The predicted molar refractivity (Wildman–Crippen MR) is 98.5 cm³/mol. The minimum Gasteiger partial charge on any atom is -0.497 e. The maximum Gasteiger partial charge on any atom is 0.298 e. The average molecular weight is 350 g/mol. The molecule has 6 nitrogen and oxygen atoms in total. The molecule has 2 heterocycles. The van der Waals surface area contributed by atoms with Gasteiger partial charge < -0.3 is 9.72 Å². The lowest BCUT2D eigenvalue weighted by Gasteiger charge is -2.03. The van der Waals surface area contributed by atoms with Crippen molar-refractivity contribution in [2.45, 2.75) is 6.92 Å². The largest absolute Gasteiger partial charge is 0.497 e. The van der Waals surface area contributed by atoms with Crippen molar-refractivity contribution in [3.05, 3.63) is 70.0 Å². The summed E-state index contributed by atoms with van der Waals surface area (Å²) in [5.74, 6) is 0.813. The number of aromatic nitrogens is 3. The van der Waals surface area contributed by atoms with Gasteiger partial charge in [-0.1, -0.05) is 12.1 Å². The van der Waals surface area contributed by atoms with Crippen molar-refractivity contribution in [1.29, 1.82) is 0 Å². The summed E-state index contributed by atoms with van der Waals surface area (Å²) in [6.07, 6.45) is 1.49. The van der Waals surface area contributed by atoms with Crippen LogP contribution in [0.3, 0.4) is 0 Å². The molecule has 0 saturated carbocycles. The minimum atomic E-state index is -0.327. The first-order valence-corrected chi connectivity index (χ1v) is 7.96. The Morgan fingerprint density at radius 3 is 2.73 bits per heavy atom. The molecule has 0 amide bonds. The second kappa shape index (κ2) is 6.11. The second-order valence-electron chi connectivity index (χ2n) is 5.83. The Balaban J connectivity index is 1.87. The van der Waals surface area contributed by atoms with E-state index in [1.54, 1.807) is 26.2 Å². The highest BCUT2D eigenvalue weighted by Gasteiger charge is 2.13. The van der Waals surface area contributed by atoms with Gasteiger partial charge in [0.1, 0.15) is 28.4 Å². The molecule has 4 rings (SSSR count). The van der Waals surface area contributed by atoms with Gasteiger partial charge in [-0.25, -0.2) is 9.37 Å². The van der Waals surface area contributed by atoms with Crippen molar-refractivity contribution in [3.63, 3.8) is 0 Å². The van der Waals surface area contributed by atoms with E-state index in [0.717, 1.165) is 10.9 Å². The summed E-state index contributed by atoms with van der Waals surface area (Å²) in [6, 6.07) is 11.3. The molecule has 0 unspecified atom stereocenters. The van der Waals surface area contributed by atoms with Gasteiger partial charge in [0.05, 0.1) is 13.3 Å². The predicted octanol–water partition coefficient (Wildman–Crippen LogP) is 3.22. The Hall–Kier alpha value is -3.48. The lowest BCUT2D eigenvalue weighted by molar-refractivity contribution is 0.415. The quantitative estimate of drug-likeness (QED) is 0.577. The molecule has 0 aliphatic heterocycles. The van der Waals surface area contributed by atoms with Gasteiger partial charge in [0.2, 0.25) is 0 Å². The summed E-state index contributed by atoms with van der Waals surface area (Å²) in [5, 5.41) is 5.02. The van der Waals surface area contributed by atoms with Crippen LogP contribution in [0.15, 0.2) is 52.4 Å². The molecule has 0 fully saturated rings. The van der Waals surface area contributed by atoms with Gasteiger partial charge in [0, 0.05) is 10.9 Å². The number of halogens is 1. The van der Waals surface area contributed by atoms with Crippen molar-refractivity contribution in [3.8, 4) is 5.75 Å². The van der Waals surface area contributed by atoms with Crippen LogP contribution >= 0.6 is 0 Å². The molecule has 0 bridgehead atoms. The first kappa shape index (κ1) is 16.0. The van der Waals surface area contributed by atoms with Crippen molar-refractivity contribution >= 4 is 28.2 Å². The van der Waals surface area contributed by atoms with Crippen LogP contribution in [-0.4, -0.2) is 28.0 Å². The van der Waals surface area contributed by atoms with E-state index in [2.05, 4.69) is 15.1 Å². The number of rotatable bonds is 3. The average Bonchev–Trinajstić information content (AvgIpc) is 3.01. The molecule has 2 aromatic carbocycles. The number of aryl methyl sites for hydroxylation is 1. The van der Waals surface area contributed by atoms with E-state index in [9.17, 15) is 9.18 Å². The Morgan fingerprint density at radius 2 is 2.00 bits per heavy atom. The fourth-order valence-corrected chi connectivity index (χ4v) is 2.83. The molecule has 26 heavy (non-hydrogen) atoms. The molecule has 0 spiro atoms. The molecule has 130 valence electrons. The van der Waals surface area contributed by atoms with Crippen LogP contribution in [0.2, 0.25) is 0 Å². The molecule has 0 radical (unpaired) electrons. The fourth-order valence-electron chi connectivity index (χ4n) is 2.83. The van der Waals surface area contributed by atoms with E-state index in [-0.39, 0.29) is 11.4 Å². The highest BCUT2D eigenvalue weighted by atomic mass is 19.1. The Bertz CT molecular complexity index is 1210. The smallest absolute Gasteiger partial charge is 0.298 e. The number of benzene rings is 2. The van der Waals surface area contributed by atoms with Gasteiger partial charge in [-0.2, -0.15) is 9.78 Å². The summed E-state index contributed by atoms with van der Waals surface area (Å²) >= 11 is 0. The van der Waals surface area contributed by atoms with Crippen LogP contribution in [0, 0.1) is 12.7 Å². The van der Waals surface area contributed by atoms with Gasteiger partial charge in [0.15, 0.2) is 0 Å². The summed E-state index contributed by atoms with van der Waals surface area (Å²) < 4.78 is 19.5. The van der Waals surface area contributed by atoms with Crippen molar-refractivity contribution < 1.29 is 9.13 Å². The van der Waals surface area contributed by atoms with E-state index in [4.69, 9.17) is 4.74 Å². The van der Waals surface area contributed by atoms with Gasteiger partial charge in [-0.15, -0.1) is 0 Å². The molecule has 7 heteroatoms. The third kappa shape index (κ3) is 2.63. The van der Waals surface area contributed by atoms with Gasteiger partial charge in [0.25, 0.3) is 5.56 Å². The van der Waals surface area contributed by atoms with E-state index in [1.165, 1.54) is 23.0 Å². The Kier molecular flexibility index (Phi) is 3.76. The summed E-state index contributed by atoms with van der Waals surface area (Å²) in [7, 11) is 1.59. The molecule has 0 aliphatic carbocycles. The molecule has 4 aromatic rings. The molecule has 1 N–H and O–H groups in total. The van der Waals surface area contributed by atoms with Crippen LogP contribution in [0.25, 0.3) is 21.9 Å². The van der Waals surface area contributed by atoms with Crippen LogP contribution in [0.5, 0.6) is 5.75 Å². The highest BCUT2D eigenvalue weighted by Crippen LogP contribution is 2.26. The molecular weight excluding hydrogens is 335 g/mol. The number of hydrogen-bond donors (Lipinski definition) is 1. The number of aromatic amines is 1. The number of hydrogen-bond acceptors (Lipinski definition) is 4. The zero-order valence-corrected chi connectivity index (χ0v) is 14.2. The van der Waals surface area contributed by atoms with Crippen molar-refractivity contribution in [2.75, 3.05) is 7.11 Å². The molecular formula is C19H15FN4O2. The maximum absolute atomic E-state index is 13.0. The fraction of sp³-hybridized carbons (Fsp3) is 0.105. The third-order valence-corrected chi connectivity index (χ3v) is 4.16. The number of methoxy groups -OCH3 is 1. The van der Waals surface area contributed by atoms with Gasteiger partial charge in [-0.05, 0) is 42.8 Å². The maximum atomic E-state index is 13.0. The monoisotopic (exact) mass is 350 g/mol. The molecule has 0 atom stereocenters. The van der Waals surface area contributed by atoms with Crippen LogP contribution in [-0.2, 0) is 0 Å². The molecule has 0 aliphatic rings. The van der Waals surface area contributed by atoms with Crippen LogP contribution in [0.4, 0.5) is 4.39 Å². The minimum absolute atomic E-state index is 0.305. The summed E-state index contributed by atoms with van der Waals surface area (Å²) in [4.78, 5) is 20.5. The second-order valence-corrected chi connectivity index (χ2v) is 5.83. The van der Waals surface area contributed by atoms with Crippen molar-refractivity contribution in [1.82, 2.24) is 14.6 Å². The van der Waals surface area contributed by atoms with Crippen LogP contribution in [0.1, 0.15) is 11.4 Å². The zero-order valence-electron chi connectivity index (χ0n) is 14.2. The lowest BCUT2D eigenvalue weighted by atomic mass is 10.2. The SMILES string of the molecule is COc1ccc2[nH]c3c(=O)n(/N=C\c4ccc(F)cc4)c(C)nc3c2c1. The highest BCUT2D eigenvalue weighted by molar-refractivity contribution is 6.05. The number of nitrogens with one attached hydrogen (secondary N) is 1. The normalized spacial score (nSPS) is 11.7. The number of H-pyrrole nitrogens is 1. The van der Waals surface area contributed by atoms with Crippen LogP contribution < -0.4 is 10.3 Å². The number of fused-ring (bicyclic) bond motifs is 3. The zero-order chi connectivity index (χ0) is 18.3. The topological polar surface area (TPSA) is 72.3 Å². The summed E-state index contributed by atoms with van der Waals surface area (Å²) in [5.41, 5.74) is 2.12. The first-order chi connectivity index (χ1) is 12.6. The van der Waals surface area contributed by atoms with Gasteiger partial charge in [-0.3, -0.25) is 4.79 Å². The lowest BCUT2D eigenvalue weighted by Crippen LogP contribution is -2.20. The number of ether oxygens (including phenoxy) is 1. The first-order valence-electron chi connectivity index (χ1n) is 7.96. The van der Waals surface area contributed by atoms with Gasteiger partial charge >= 0.3 is 0 Å². The van der Waals surface area contributed by atoms with E-state index < -0.39 is 0 Å². The Morgan fingerprint density at radius 1 is 1.23 bits per heavy atom. The number of nitrogens with zero attached hydrogens (tertiary/aromatic N) is 3. The summed E-state index contributed by atoms with van der Waals surface area (Å²) in [6.45, 7) is 1.71. The van der Waals surface area contributed by atoms with E-state index >= 15 is 0 Å². The van der Waals surface area contributed by atoms with E-state index in [1.807, 2.05) is 18.2 Å². The Labute approximate surface area is 147 Å².